The molecule has 1 aromatic carbocycles. The van der Waals surface area contributed by atoms with E-state index in [0.29, 0.717) is 0 Å². The van der Waals surface area contributed by atoms with Crippen molar-refractivity contribution in [2.24, 2.45) is 16.1 Å². The molecule has 0 heterocycles. The summed E-state index contributed by atoms with van der Waals surface area (Å²) >= 11 is 0. The van der Waals surface area contributed by atoms with Crippen molar-refractivity contribution < 1.29 is 13.2 Å². The second-order valence-corrected chi connectivity index (χ2v) is 6.25. The second-order valence-electron chi connectivity index (χ2n) is 6.25. The van der Waals surface area contributed by atoms with Gasteiger partial charge in [-0.2, -0.15) is 13.2 Å². The summed E-state index contributed by atoms with van der Waals surface area (Å²) in [6.45, 7) is -0.287. The Hall–Kier alpha value is -0.990. The standard InChI is InChI=1S/C16H20F3N3.HI/c17-16(18,19)15(8-9-15)10-21-14(20)22-13-7-3-5-11-4-1-2-6-12(11)13;/h3,5,7H,1-2,4,6,8-10H2,(H3,20,21,22);1H. The predicted molar refractivity (Wildman–Crippen MR) is 96.3 cm³/mol. The van der Waals surface area contributed by atoms with Gasteiger partial charge in [0.05, 0.1) is 12.0 Å². The number of benzene rings is 1. The summed E-state index contributed by atoms with van der Waals surface area (Å²) in [5.74, 6) is 0.0644. The summed E-state index contributed by atoms with van der Waals surface area (Å²) in [6, 6.07) is 5.94. The van der Waals surface area contributed by atoms with Gasteiger partial charge in [0.25, 0.3) is 0 Å². The lowest BCUT2D eigenvalue weighted by Gasteiger charge is -2.20. The molecule has 1 fully saturated rings. The van der Waals surface area contributed by atoms with Crippen molar-refractivity contribution in [2.45, 2.75) is 44.7 Å². The van der Waals surface area contributed by atoms with Gasteiger partial charge in [-0.3, -0.25) is 4.99 Å². The molecule has 7 heteroatoms. The van der Waals surface area contributed by atoms with Gasteiger partial charge in [-0.05, 0) is 55.7 Å². The van der Waals surface area contributed by atoms with Gasteiger partial charge < -0.3 is 11.1 Å². The normalized spacial score (nSPS) is 19.5. The van der Waals surface area contributed by atoms with E-state index in [1.807, 2.05) is 12.1 Å². The highest BCUT2D eigenvalue weighted by molar-refractivity contribution is 14.0. The summed E-state index contributed by atoms with van der Waals surface area (Å²) in [5.41, 5.74) is 7.52. The first-order chi connectivity index (χ1) is 10.4. The molecular weight excluding hydrogens is 418 g/mol. The molecule has 3 N–H and O–H groups in total. The van der Waals surface area contributed by atoms with Crippen LogP contribution in [0.25, 0.3) is 0 Å². The van der Waals surface area contributed by atoms with Crippen molar-refractivity contribution in [3.05, 3.63) is 29.3 Å². The van der Waals surface area contributed by atoms with E-state index in [1.54, 1.807) is 0 Å². The van der Waals surface area contributed by atoms with Gasteiger partial charge in [-0.25, -0.2) is 0 Å². The van der Waals surface area contributed by atoms with Crippen LogP contribution in [0.3, 0.4) is 0 Å². The Kier molecular flexibility index (Phi) is 5.48. The van der Waals surface area contributed by atoms with E-state index < -0.39 is 11.6 Å². The molecule has 0 unspecified atom stereocenters. The van der Waals surface area contributed by atoms with E-state index in [1.165, 1.54) is 17.5 Å². The molecule has 0 radical (unpaired) electrons. The number of nitrogens with one attached hydrogen (secondary N) is 1. The van der Waals surface area contributed by atoms with Crippen LogP contribution in [-0.2, 0) is 12.8 Å². The Bertz CT molecular complexity index is 595. The molecule has 1 saturated carbocycles. The molecule has 2 aliphatic rings. The third kappa shape index (κ3) is 3.92. The molecule has 2 aliphatic carbocycles. The summed E-state index contributed by atoms with van der Waals surface area (Å²) in [6.07, 6.45) is 0.413. The number of aliphatic imine (C=N–C) groups is 1. The Labute approximate surface area is 150 Å². The predicted octanol–water partition coefficient (Wildman–Crippen LogP) is 4.25. The number of alkyl halides is 3. The van der Waals surface area contributed by atoms with Crippen molar-refractivity contribution >= 4 is 35.6 Å². The van der Waals surface area contributed by atoms with Crippen LogP contribution in [0.15, 0.2) is 23.2 Å². The highest BCUT2D eigenvalue weighted by atomic mass is 127. The minimum atomic E-state index is -4.19. The molecule has 128 valence electrons. The molecular formula is C16H21F3IN3. The fraction of sp³-hybridized carbons (Fsp3) is 0.562. The zero-order valence-electron chi connectivity index (χ0n) is 12.7. The quantitative estimate of drug-likeness (QED) is 0.421. The largest absolute Gasteiger partial charge is 0.396 e. The molecule has 0 aromatic heterocycles. The maximum Gasteiger partial charge on any atom is 0.396 e. The van der Waals surface area contributed by atoms with Crippen molar-refractivity contribution in [2.75, 3.05) is 11.9 Å². The summed E-state index contributed by atoms with van der Waals surface area (Å²) in [4.78, 5) is 3.93. The Morgan fingerprint density at radius 1 is 1.22 bits per heavy atom. The highest BCUT2D eigenvalue weighted by Gasteiger charge is 2.63. The lowest BCUT2D eigenvalue weighted by Crippen LogP contribution is -2.30. The van der Waals surface area contributed by atoms with Gasteiger partial charge in [0.15, 0.2) is 5.96 Å². The zero-order valence-corrected chi connectivity index (χ0v) is 15.1. The van der Waals surface area contributed by atoms with Crippen LogP contribution in [0.4, 0.5) is 18.9 Å². The third-order valence-electron chi connectivity index (χ3n) is 4.67. The average Bonchev–Trinajstić information content (AvgIpc) is 3.26. The lowest BCUT2D eigenvalue weighted by molar-refractivity contribution is -0.183. The maximum absolute atomic E-state index is 12.9. The highest BCUT2D eigenvalue weighted by Crippen LogP contribution is 2.57. The van der Waals surface area contributed by atoms with Gasteiger partial charge in [-0.15, -0.1) is 24.0 Å². The summed E-state index contributed by atoms with van der Waals surface area (Å²) < 4.78 is 38.6. The van der Waals surface area contributed by atoms with Gasteiger partial charge >= 0.3 is 6.18 Å². The minimum Gasteiger partial charge on any atom is -0.370 e. The Morgan fingerprint density at radius 2 is 1.91 bits per heavy atom. The van der Waals surface area contributed by atoms with Crippen molar-refractivity contribution in [3.63, 3.8) is 0 Å². The van der Waals surface area contributed by atoms with Crippen LogP contribution >= 0.6 is 24.0 Å². The number of hydrogen-bond acceptors (Lipinski definition) is 1. The van der Waals surface area contributed by atoms with Crippen molar-refractivity contribution in [1.29, 1.82) is 0 Å². The SMILES string of the molecule is I.NC(=NCC1(C(F)(F)F)CC1)Nc1cccc2c1CCCC2. The Balaban J connectivity index is 0.00000192. The smallest absolute Gasteiger partial charge is 0.370 e. The molecule has 0 aliphatic heterocycles. The minimum absolute atomic E-state index is 0. The third-order valence-corrected chi connectivity index (χ3v) is 4.67. The van der Waals surface area contributed by atoms with Crippen molar-refractivity contribution in [3.8, 4) is 0 Å². The number of fused-ring (bicyclic) bond motifs is 1. The van der Waals surface area contributed by atoms with E-state index in [4.69, 9.17) is 5.73 Å². The summed E-state index contributed by atoms with van der Waals surface area (Å²) in [5, 5.41) is 2.98. The molecule has 0 spiro atoms. The molecule has 23 heavy (non-hydrogen) atoms. The van der Waals surface area contributed by atoms with Crippen LogP contribution in [0, 0.1) is 5.41 Å². The van der Waals surface area contributed by atoms with Gasteiger partial charge in [0.2, 0.25) is 0 Å². The number of hydrogen-bond donors (Lipinski definition) is 2. The molecule has 1 aromatic rings. The zero-order chi connectivity index (χ0) is 15.8. The molecule has 0 atom stereocenters. The van der Waals surface area contributed by atoms with Crippen LogP contribution < -0.4 is 11.1 Å². The number of halogens is 4. The number of anilines is 1. The number of aryl methyl sites for hydroxylation is 1. The number of rotatable bonds is 3. The van der Waals surface area contributed by atoms with Crippen LogP contribution in [0.5, 0.6) is 0 Å². The van der Waals surface area contributed by atoms with Gasteiger partial charge in [0.1, 0.15) is 0 Å². The summed E-state index contributed by atoms with van der Waals surface area (Å²) in [7, 11) is 0. The van der Waals surface area contributed by atoms with E-state index in [-0.39, 0.29) is 49.3 Å². The van der Waals surface area contributed by atoms with E-state index in [0.717, 1.165) is 24.9 Å². The second kappa shape index (κ2) is 6.86. The van der Waals surface area contributed by atoms with E-state index >= 15 is 0 Å². The van der Waals surface area contributed by atoms with Gasteiger partial charge in [-0.1, -0.05) is 12.1 Å². The van der Waals surface area contributed by atoms with Crippen LogP contribution in [-0.4, -0.2) is 18.7 Å². The lowest BCUT2D eigenvalue weighted by atomic mass is 9.90. The number of nitrogens with zero attached hydrogens (tertiary/aromatic N) is 1. The fourth-order valence-electron chi connectivity index (χ4n) is 2.99. The van der Waals surface area contributed by atoms with E-state index in [9.17, 15) is 13.2 Å². The first-order valence-corrected chi connectivity index (χ1v) is 7.66. The Morgan fingerprint density at radius 3 is 2.57 bits per heavy atom. The molecule has 0 amide bonds. The number of guanidine groups is 1. The topological polar surface area (TPSA) is 50.4 Å². The fourth-order valence-corrected chi connectivity index (χ4v) is 2.99. The average molecular weight is 439 g/mol. The molecule has 3 rings (SSSR count). The van der Waals surface area contributed by atoms with Gasteiger partial charge in [0, 0.05) is 5.69 Å². The first kappa shape index (κ1) is 18.4. The van der Waals surface area contributed by atoms with Crippen LogP contribution in [0.1, 0.15) is 36.8 Å². The molecule has 0 saturated heterocycles. The van der Waals surface area contributed by atoms with E-state index in [2.05, 4.69) is 16.4 Å². The van der Waals surface area contributed by atoms with Crippen LogP contribution in [0.2, 0.25) is 0 Å². The first-order valence-electron chi connectivity index (χ1n) is 7.66. The van der Waals surface area contributed by atoms with Crippen molar-refractivity contribution in [1.82, 2.24) is 0 Å². The maximum atomic E-state index is 12.9. The monoisotopic (exact) mass is 439 g/mol. The number of nitrogens with two attached hydrogens (primary N) is 1. The molecule has 0 bridgehead atoms. The molecule has 3 nitrogen and oxygen atoms in total.